The van der Waals surface area contributed by atoms with Crippen LogP contribution in [0.25, 0.3) is 0 Å². The summed E-state index contributed by atoms with van der Waals surface area (Å²) in [6.45, 7) is 1.01. The Bertz CT molecular complexity index is 433. The SMILES string of the molecule is CN(CC(=O)N(C)C)Cc1ccc(C(=O)Cl)cc1.Cl. The van der Waals surface area contributed by atoms with Crippen LogP contribution in [0.1, 0.15) is 15.9 Å². The Morgan fingerprint density at radius 3 is 2.05 bits per heavy atom. The first-order chi connectivity index (χ1) is 8.40. The third kappa shape index (κ3) is 6.05. The Hall–Kier alpha value is -1.10. The maximum absolute atomic E-state index is 11.5. The molecule has 106 valence electrons. The van der Waals surface area contributed by atoms with Gasteiger partial charge in [-0.05, 0) is 36.3 Å². The number of hydrogen-bond acceptors (Lipinski definition) is 3. The standard InChI is InChI=1S/C13H17ClN2O2.ClH/c1-15(2)12(17)9-16(3)8-10-4-6-11(7-5-10)13(14)18;/h4-7H,8-9H2,1-3H3;1H. The minimum absolute atomic E-state index is 0. The lowest BCUT2D eigenvalue weighted by Crippen LogP contribution is -2.34. The molecule has 19 heavy (non-hydrogen) atoms. The van der Waals surface area contributed by atoms with Gasteiger partial charge in [0.15, 0.2) is 0 Å². The molecule has 0 heterocycles. The fourth-order valence-electron chi connectivity index (χ4n) is 1.48. The molecule has 0 radical (unpaired) electrons. The van der Waals surface area contributed by atoms with Crippen LogP contribution in [0.4, 0.5) is 0 Å². The zero-order valence-electron chi connectivity index (χ0n) is 11.2. The van der Waals surface area contributed by atoms with Crippen molar-refractivity contribution in [2.75, 3.05) is 27.7 Å². The average molecular weight is 305 g/mol. The van der Waals surface area contributed by atoms with Crippen LogP contribution in [0, 0.1) is 0 Å². The normalized spacial score (nSPS) is 9.95. The summed E-state index contributed by atoms with van der Waals surface area (Å²) in [6, 6.07) is 7.05. The Morgan fingerprint density at radius 2 is 1.63 bits per heavy atom. The van der Waals surface area contributed by atoms with Crippen molar-refractivity contribution >= 4 is 35.2 Å². The van der Waals surface area contributed by atoms with Crippen LogP contribution in [0.3, 0.4) is 0 Å². The fourth-order valence-corrected chi connectivity index (χ4v) is 1.61. The summed E-state index contributed by atoms with van der Waals surface area (Å²) in [6.07, 6.45) is 0. The molecule has 0 unspecified atom stereocenters. The fraction of sp³-hybridized carbons (Fsp3) is 0.385. The maximum Gasteiger partial charge on any atom is 0.252 e. The summed E-state index contributed by atoms with van der Waals surface area (Å²) in [4.78, 5) is 25.9. The van der Waals surface area contributed by atoms with Gasteiger partial charge < -0.3 is 4.90 Å². The van der Waals surface area contributed by atoms with Gasteiger partial charge in [0, 0.05) is 26.2 Å². The molecule has 1 rings (SSSR count). The van der Waals surface area contributed by atoms with Crippen molar-refractivity contribution in [1.29, 1.82) is 0 Å². The number of carbonyl (C=O) groups is 2. The van der Waals surface area contributed by atoms with E-state index in [4.69, 9.17) is 11.6 Å². The summed E-state index contributed by atoms with van der Waals surface area (Å²) >= 11 is 5.37. The van der Waals surface area contributed by atoms with E-state index < -0.39 is 5.24 Å². The van der Waals surface area contributed by atoms with E-state index >= 15 is 0 Å². The van der Waals surface area contributed by atoms with Crippen molar-refractivity contribution in [1.82, 2.24) is 9.80 Å². The molecule has 0 bridgehead atoms. The van der Waals surface area contributed by atoms with Gasteiger partial charge in [-0.2, -0.15) is 0 Å². The highest BCUT2D eigenvalue weighted by molar-refractivity contribution is 6.67. The predicted octanol–water partition coefficient (Wildman–Crippen LogP) is 2.01. The zero-order chi connectivity index (χ0) is 13.7. The Kier molecular flexibility index (Phi) is 7.68. The van der Waals surface area contributed by atoms with Gasteiger partial charge in [-0.3, -0.25) is 14.5 Å². The van der Waals surface area contributed by atoms with E-state index in [-0.39, 0.29) is 18.3 Å². The number of benzene rings is 1. The van der Waals surface area contributed by atoms with Crippen LogP contribution in [-0.4, -0.2) is 48.6 Å². The Labute approximate surface area is 124 Å². The monoisotopic (exact) mass is 304 g/mol. The lowest BCUT2D eigenvalue weighted by Gasteiger charge is -2.18. The van der Waals surface area contributed by atoms with Crippen LogP contribution in [0.2, 0.25) is 0 Å². The minimum Gasteiger partial charge on any atom is -0.348 e. The molecule has 0 atom stereocenters. The van der Waals surface area contributed by atoms with E-state index in [1.807, 2.05) is 24.1 Å². The van der Waals surface area contributed by atoms with Gasteiger partial charge in [0.05, 0.1) is 6.54 Å². The van der Waals surface area contributed by atoms with Crippen LogP contribution in [0.5, 0.6) is 0 Å². The molecule has 4 nitrogen and oxygen atoms in total. The van der Waals surface area contributed by atoms with Crippen LogP contribution >= 0.6 is 24.0 Å². The number of halogens is 2. The second kappa shape index (κ2) is 8.15. The van der Waals surface area contributed by atoms with Gasteiger partial charge >= 0.3 is 0 Å². The molecule has 0 aliphatic heterocycles. The summed E-state index contributed by atoms with van der Waals surface area (Å²) in [5.74, 6) is 0.0602. The molecule has 1 aromatic carbocycles. The van der Waals surface area contributed by atoms with Crippen molar-refractivity contribution in [3.05, 3.63) is 35.4 Å². The highest BCUT2D eigenvalue weighted by Crippen LogP contribution is 2.08. The third-order valence-corrected chi connectivity index (χ3v) is 2.76. The molecule has 0 saturated heterocycles. The molecule has 6 heteroatoms. The number of carbonyl (C=O) groups excluding carboxylic acids is 2. The van der Waals surface area contributed by atoms with Gasteiger partial charge in [0.25, 0.3) is 5.24 Å². The number of hydrogen-bond donors (Lipinski definition) is 0. The van der Waals surface area contributed by atoms with E-state index in [1.54, 1.807) is 31.1 Å². The van der Waals surface area contributed by atoms with Crippen molar-refractivity contribution < 1.29 is 9.59 Å². The van der Waals surface area contributed by atoms with Gasteiger partial charge in [0.1, 0.15) is 0 Å². The Balaban J connectivity index is 0.00000324. The highest BCUT2D eigenvalue weighted by atomic mass is 35.5. The molecule has 1 amide bonds. The van der Waals surface area contributed by atoms with Crippen molar-refractivity contribution in [3.63, 3.8) is 0 Å². The molecule has 0 aliphatic rings. The second-order valence-corrected chi connectivity index (χ2v) is 4.77. The molecule has 0 N–H and O–H groups in total. The predicted molar refractivity (Wildman–Crippen MR) is 78.9 cm³/mol. The topological polar surface area (TPSA) is 40.6 Å². The van der Waals surface area contributed by atoms with Crippen LogP contribution in [-0.2, 0) is 11.3 Å². The van der Waals surface area contributed by atoms with Gasteiger partial charge in [0.2, 0.25) is 5.91 Å². The number of amides is 1. The van der Waals surface area contributed by atoms with E-state index in [0.717, 1.165) is 5.56 Å². The lowest BCUT2D eigenvalue weighted by atomic mass is 10.1. The van der Waals surface area contributed by atoms with E-state index in [0.29, 0.717) is 18.7 Å². The highest BCUT2D eigenvalue weighted by Gasteiger charge is 2.09. The van der Waals surface area contributed by atoms with Gasteiger partial charge in [-0.15, -0.1) is 12.4 Å². The second-order valence-electron chi connectivity index (χ2n) is 4.43. The van der Waals surface area contributed by atoms with Gasteiger partial charge in [-0.25, -0.2) is 0 Å². The summed E-state index contributed by atoms with van der Waals surface area (Å²) < 4.78 is 0. The third-order valence-electron chi connectivity index (χ3n) is 2.54. The molecule has 0 spiro atoms. The molecule has 0 saturated carbocycles. The zero-order valence-corrected chi connectivity index (χ0v) is 12.8. The molecular formula is C13H18Cl2N2O2. The Morgan fingerprint density at radius 1 is 1.11 bits per heavy atom. The van der Waals surface area contributed by atoms with Crippen molar-refractivity contribution in [2.45, 2.75) is 6.54 Å². The van der Waals surface area contributed by atoms with Crippen molar-refractivity contribution in [2.24, 2.45) is 0 Å². The maximum atomic E-state index is 11.5. The number of likely N-dealkylation sites (N-methyl/N-ethyl adjacent to an activating group) is 2. The van der Waals surface area contributed by atoms with Crippen LogP contribution < -0.4 is 0 Å². The summed E-state index contributed by atoms with van der Waals surface area (Å²) in [5, 5.41) is -0.460. The first-order valence-corrected chi connectivity index (χ1v) is 5.95. The largest absolute Gasteiger partial charge is 0.348 e. The van der Waals surface area contributed by atoms with E-state index in [2.05, 4.69) is 0 Å². The molecular weight excluding hydrogens is 287 g/mol. The van der Waals surface area contributed by atoms with Crippen LogP contribution in [0.15, 0.2) is 24.3 Å². The minimum atomic E-state index is -0.460. The molecule has 0 aliphatic carbocycles. The van der Waals surface area contributed by atoms with E-state index in [1.165, 1.54) is 0 Å². The summed E-state index contributed by atoms with van der Waals surface area (Å²) in [5.41, 5.74) is 1.51. The van der Waals surface area contributed by atoms with Crippen molar-refractivity contribution in [3.8, 4) is 0 Å². The molecule has 0 fully saturated rings. The smallest absolute Gasteiger partial charge is 0.252 e. The first kappa shape index (κ1) is 17.9. The number of rotatable bonds is 5. The lowest BCUT2D eigenvalue weighted by molar-refractivity contribution is -0.129. The number of nitrogens with zero attached hydrogens (tertiary/aromatic N) is 2. The van der Waals surface area contributed by atoms with Gasteiger partial charge in [-0.1, -0.05) is 12.1 Å². The van der Waals surface area contributed by atoms with E-state index in [9.17, 15) is 9.59 Å². The average Bonchev–Trinajstić information content (AvgIpc) is 2.29. The quantitative estimate of drug-likeness (QED) is 0.781. The molecule has 0 aromatic heterocycles. The summed E-state index contributed by atoms with van der Waals surface area (Å²) in [7, 11) is 5.34. The first-order valence-electron chi connectivity index (χ1n) is 5.57. The molecule has 1 aromatic rings.